The van der Waals surface area contributed by atoms with E-state index in [0.29, 0.717) is 17.8 Å². The summed E-state index contributed by atoms with van der Waals surface area (Å²) in [6.45, 7) is 2.02. The second-order valence-corrected chi connectivity index (χ2v) is 15.2. The fraction of sp³-hybridized carbons (Fsp3) is 0.333. The number of carboxylic acids is 2. The van der Waals surface area contributed by atoms with Crippen LogP contribution in [0.4, 0.5) is 5.13 Å². The molecule has 4 amide bonds. The summed E-state index contributed by atoms with van der Waals surface area (Å²) >= 11 is 8.14. The summed E-state index contributed by atoms with van der Waals surface area (Å²) in [7, 11) is 0. The molecule has 0 aliphatic carbocycles. The number of nitrogens with one attached hydrogen (secondary N) is 3. The fourth-order valence-electron chi connectivity index (χ4n) is 5.12. The van der Waals surface area contributed by atoms with Gasteiger partial charge in [-0.2, -0.15) is 4.73 Å². The Morgan fingerprint density at radius 1 is 1.18 bits per heavy atom. The molecule has 1 saturated heterocycles. The molecule has 0 bridgehead atoms. The van der Waals surface area contributed by atoms with Gasteiger partial charge in [0.1, 0.15) is 45.3 Å². The van der Waals surface area contributed by atoms with Gasteiger partial charge in [0.15, 0.2) is 16.6 Å². The number of nitrogens with zero attached hydrogens (tertiary/aromatic N) is 6. The van der Waals surface area contributed by atoms with Crippen molar-refractivity contribution in [3.8, 4) is 5.75 Å². The number of aromatic nitrogens is 2. The van der Waals surface area contributed by atoms with Gasteiger partial charge in [0.25, 0.3) is 17.7 Å². The highest BCUT2D eigenvalue weighted by Gasteiger charge is 2.54. The summed E-state index contributed by atoms with van der Waals surface area (Å²) < 4.78 is 0.185. The molecule has 56 heavy (non-hydrogen) atoms. The number of amides is 4. The van der Waals surface area contributed by atoms with E-state index >= 15 is 0 Å². The zero-order valence-electron chi connectivity index (χ0n) is 29.0. The van der Waals surface area contributed by atoms with Gasteiger partial charge < -0.3 is 57.7 Å². The first-order valence-corrected chi connectivity index (χ1v) is 18.1. The number of pyridine rings is 1. The third kappa shape index (κ3) is 8.63. The molecule has 5 heterocycles. The summed E-state index contributed by atoms with van der Waals surface area (Å²) in [6, 6.07) is -0.529. The van der Waals surface area contributed by atoms with E-state index in [2.05, 4.69) is 31.1 Å². The van der Waals surface area contributed by atoms with Crippen LogP contribution in [0.3, 0.4) is 0 Å². The number of thiazole rings is 1. The Morgan fingerprint density at radius 2 is 1.89 bits per heavy atom. The number of hydrogen-bond donors (Lipinski definition) is 9. The summed E-state index contributed by atoms with van der Waals surface area (Å²) in [5.41, 5.74) is 7.65. The van der Waals surface area contributed by atoms with Gasteiger partial charge in [0.05, 0.1) is 11.9 Å². The molecule has 0 spiro atoms. The molecule has 26 heteroatoms. The standard InChI is InChI=1S/C30H32ClN11O12S2/c1-30(2,28(51)52)54-39-18(17-21(31)56-29(33)38-17)24(47)37-19-25(48)42-20(27(49)50)11(9-55-26(19)42)6-40-7-12(22(32)35-10-40)36-16(45)3-4-34-23(46)13-5-14(43)15(44)8-41(13)53/h5,7-8,19,26,44,53H,3-4,6,9-10H2,1-2H3,(H2,32,35)(H2,33,38)(H,34,46)(H,36,45)(H,37,47)(H,49,50)(H,51,52)/b39-18-/t19-,26?/m1/s1. The van der Waals surface area contributed by atoms with Crippen molar-refractivity contribution in [3.63, 3.8) is 0 Å². The lowest BCUT2D eigenvalue weighted by Crippen LogP contribution is -2.71. The molecule has 0 radical (unpaired) electrons. The minimum Gasteiger partial charge on any atom is -0.503 e. The van der Waals surface area contributed by atoms with E-state index in [-0.39, 0.29) is 69.1 Å². The highest BCUT2D eigenvalue weighted by molar-refractivity contribution is 8.00. The average molecular weight is 838 g/mol. The molecule has 11 N–H and O–H groups in total. The highest BCUT2D eigenvalue weighted by Crippen LogP contribution is 2.41. The Balaban J connectivity index is 1.24. The number of rotatable bonds is 14. The van der Waals surface area contributed by atoms with Crippen LogP contribution in [0.5, 0.6) is 5.75 Å². The Labute approximate surface area is 327 Å². The number of aliphatic imine (C=N–C) groups is 1. The van der Waals surface area contributed by atoms with Crippen molar-refractivity contribution in [2.75, 3.05) is 31.2 Å². The van der Waals surface area contributed by atoms with Crippen molar-refractivity contribution < 1.29 is 54.1 Å². The molecule has 23 nitrogen and oxygen atoms in total. The first-order chi connectivity index (χ1) is 26.3. The Morgan fingerprint density at radius 3 is 2.54 bits per heavy atom. The number of hydrogen-bond acceptors (Lipinski definition) is 18. The molecule has 2 aromatic heterocycles. The lowest BCUT2D eigenvalue weighted by Gasteiger charge is -2.49. The number of carbonyl (C=O) groups is 6. The zero-order valence-corrected chi connectivity index (χ0v) is 31.4. The minimum atomic E-state index is -1.88. The molecule has 2 aromatic rings. The summed E-state index contributed by atoms with van der Waals surface area (Å²) in [5.74, 6) is -6.88. The van der Waals surface area contributed by atoms with Crippen molar-refractivity contribution in [2.24, 2.45) is 15.9 Å². The van der Waals surface area contributed by atoms with Crippen molar-refractivity contribution in [1.82, 2.24) is 35.5 Å². The monoisotopic (exact) mass is 837 g/mol. The van der Waals surface area contributed by atoms with Crippen molar-refractivity contribution in [2.45, 2.75) is 37.3 Å². The summed E-state index contributed by atoms with van der Waals surface area (Å²) in [4.78, 5) is 103. The SMILES string of the molecule is CC(C)(O/N=C(\C(=O)N[C@@H]1C(=O)N2C(C(=O)O)=C(CN3C=C(NC(=O)CCNC(=O)c4cc(=O)c(O)cn4O)C(N)=NC3)CSC12)c1nc(N)sc1Cl)C(=O)O. The first-order valence-electron chi connectivity index (χ1n) is 15.9. The molecule has 2 atom stereocenters. The van der Waals surface area contributed by atoms with E-state index in [1.807, 2.05) is 0 Å². The van der Waals surface area contributed by atoms with Gasteiger partial charge in [-0.3, -0.25) is 28.9 Å². The number of nitrogens with two attached hydrogens (primary N) is 2. The number of nitrogen functional groups attached to an aromatic ring is 1. The number of aromatic hydroxyl groups is 1. The summed E-state index contributed by atoms with van der Waals surface area (Å²) in [6.07, 6.45) is 1.79. The number of aliphatic carboxylic acids is 2. The molecule has 5 rings (SSSR count). The van der Waals surface area contributed by atoms with E-state index in [0.717, 1.165) is 28.0 Å². The number of oxime groups is 1. The maximum atomic E-state index is 13.4. The van der Waals surface area contributed by atoms with E-state index < -0.39 is 75.2 Å². The first kappa shape index (κ1) is 40.8. The molecule has 0 saturated carbocycles. The van der Waals surface area contributed by atoms with Crippen LogP contribution >= 0.6 is 34.7 Å². The van der Waals surface area contributed by atoms with Crippen LogP contribution in [0.25, 0.3) is 0 Å². The van der Waals surface area contributed by atoms with Crippen LogP contribution in [0.15, 0.2) is 50.4 Å². The lowest BCUT2D eigenvalue weighted by molar-refractivity contribution is -0.161. The Kier molecular flexibility index (Phi) is 11.8. The van der Waals surface area contributed by atoms with Crippen LogP contribution < -0.4 is 32.8 Å². The van der Waals surface area contributed by atoms with Crippen LogP contribution in [0.2, 0.25) is 4.34 Å². The molecular weight excluding hydrogens is 806 g/mol. The van der Waals surface area contributed by atoms with E-state index in [1.165, 1.54) is 24.9 Å². The van der Waals surface area contributed by atoms with E-state index in [9.17, 15) is 54.1 Å². The third-order valence-electron chi connectivity index (χ3n) is 8.02. The van der Waals surface area contributed by atoms with Crippen molar-refractivity contribution in [1.29, 1.82) is 0 Å². The predicted molar refractivity (Wildman–Crippen MR) is 196 cm³/mol. The van der Waals surface area contributed by atoms with Gasteiger partial charge in [-0.15, -0.1) is 11.8 Å². The van der Waals surface area contributed by atoms with Crippen LogP contribution in [-0.4, -0.2) is 130 Å². The smallest absolute Gasteiger partial charge is 0.352 e. The van der Waals surface area contributed by atoms with Crippen LogP contribution in [-0.2, 0) is 28.8 Å². The molecule has 1 unspecified atom stereocenters. The topological polar surface area (TPSA) is 347 Å². The van der Waals surface area contributed by atoms with Gasteiger partial charge >= 0.3 is 11.9 Å². The number of thioether (sulfide) groups is 1. The number of halogens is 1. The van der Waals surface area contributed by atoms with Crippen molar-refractivity contribution in [3.05, 3.63) is 61.4 Å². The number of carbonyl (C=O) groups excluding carboxylic acids is 4. The van der Waals surface area contributed by atoms with E-state index in [4.69, 9.17) is 27.9 Å². The number of amidine groups is 1. The molecule has 298 valence electrons. The predicted octanol–water partition coefficient (Wildman–Crippen LogP) is -1.79. The summed E-state index contributed by atoms with van der Waals surface area (Å²) in [5, 5.41) is 48.9. The van der Waals surface area contributed by atoms with Gasteiger partial charge in [-0.25, -0.2) is 19.6 Å². The van der Waals surface area contributed by atoms with Crippen LogP contribution in [0, 0.1) is 0 Å². The maximum absolute atomic E-state index is 13.4. The second kappa shape index (κ2) is 16.2. The molecule has 3 aliphatic heterocycles. The van der Waals surface area contributed by atoms with Gasteiger partial charge in [0, 0.05) is 37.5 Å². The molecule has 3 aliphatic rings. The minimum absolute atomic E-state index is 0.0385. The second-order valence-electron chi connectivity index (χ2n) is 12.4. The van der Waals surface area contributed by atoms with Crippen molar-refractivity contribution >= 4 is 86.9 Å². The normalized spacial score (nSPS) is 18.3. The highest BCUT2D eigenvalue weighted by atomic mass is 35.5. The lowest BCUT2D eigenvalue weighted by atomic mass is 10.0. The fourth-order valence-corrected chi connectivity index (χ4v) is 7.39. The Hall–Kier alpha value is -6.34. The molecule has 1 fully saturated rings. The van der Waals surface area contributed by atoms with Gasteiger partial charge in [-0.1, -0.05) is 28.1 Å². The number of fused-ring (bicyclic) bond motifs is 1. The molecule has 0 aromatic carbocycles. The number of β-lactam (4-membered cyclic amide) rings is 1. The largest absolute Gasteiger partial charge is 0.503 e. The Bertz CT molecular complexity index is 2220. The number of carboxylic acid groups (broad SMARTS) is 2. The third-order valence-corrected chi connectivity index (χ3v) is 10.4. The van der Waals surface area contributed by atoms with Gasteiger partial charge in [-0.05, 0) is 19.4 Å². The quantitative estimate of drug-likeness (QED) is 0.0439. The average Bonchev–Trinajstić information content (AvgIpc) is 3.46. The van der Waals surface area contributed by atoms with Crippen LogP contribution in [0.1, 0.15) is 36.5 Å². The maximum Gasteiger partial charge on any atom is 0.352 e. The zero-order chi connectivity index (χ0) is 41.2. The number of anilines is 1. The molecular formula is C30H32ClN11O12S2. The van der Waals surface area contributed by atoms with E-state index in [1.54, 1.807) is 0 Å². The van der Waals surface area contributed by atoms with Gasteiger partial charge in [0.2, 0.25) is 16.9 Å².